The second-order valence-electron chi connectivity index (χ2n) is 10.3. The van der Waals surface area contributed by atoms with Gasteiger partial charge >= 0.3 is 6.18 Å². The monoisotopic (exact) mass is 502 g/mol. The quantitative estimate of drug-likeness (QED) is 0.639. The lowest BCUT2D eigenvalue weighted by molar-refractivity contribution is -0.137. The number of likely N-dealkylation sites (N-methyl/N-ethyl adjacent to an activating group) is 1. The molecular weight excluding hydrogens is 469 g/mol. The minimum absolute atomic E-state index is 0.259. The Balaban J connectivity index is 1.42. The standard InChI is InChI=1S/C26H33F3N6O/c1-18-7-10-33(11-8-18)23-21-17-35(24(36)19-3-5-20(6-4-19)26(27,28)29)12-9-22(21)30-25(31-23)34-15-13-32(2)14-16-34/h3-6,18H,7-17H2,1-2H3. The highest BCUT2D eigenvalue weighted by atomic mass is 19.4. The fourth-order valence-corrected chi connectivity index (χ4v) is 5.17. The maximum Gasteiger partial charge on any atom is 0.416 e. The lowest BCUT2D eigenvalue weighted by atomic mass is 9.98. The first-order chi connectivity index (χ1) is 17.2. The Kier molecular flexibility index (Phi) is 6.80. The van der Waals surface area contributed by atoms with Crippen molar-refractivity contribution in [3.05, 3.63) is 46.6 Å². The van der Waals surface area contributed by atoms with E-state index in [9.17, 15) is 18.0 Å². The average Bonchev–Trinajstić information content (AvgIpc) is 2.88. The number of alkyl halides is 3. The molecule has 0 saturated carbocycles. The van der Waals surface area contributed by atoms with Crippen LogP contribution < -0.4 is 9.80 Å². The topological polar surface area (TPSA) is 55.8 Å². The van der Waals surface area contributed by atoms with Crippen molar-refractivity contribution in [3.8, 4) is 0 Å². The van der Waals surface area contributed by atoms with Gasteiger partial charge in [-0.05, 0) is 50.1 Å². The van der Waals surface area contributed by atoms with Crippen LogP contribution in [0.5, 0.6) is 0 Å². The molecule has 3 aliphatic heterocycles. The number of anilines is 2. The molecule has 2 aromatic rings. The van der Waals surface area contributed by atoms with Crippen molar-refractivity contribution in [2.24, 2.45) is 5.92 Å². The highest BCUT2D eigenvalue weighted by Crippen LogP contribution is 2.33. The lowest BCUT2D eigenvalue weighted by Crippen LogP contribution is -2.46. The van der Waals surface area contributed by atoms with E-state index in [1.54, 1.807) is 4.90 Å². The smallest absolute Gasteiger partial charge is 0.356 e. The third-order valence-corrected chi connectivity index (χ3v) is 7.64. The maximum absolute atomic E-state index is 13.2. The van der Waals surface area contributed by atoms with E-state index in [0.29, 0.717) is 25.4 Å². The Bertz CT molecular complexity index is 1090. The van der Waals surface area contributed by atoms with Crippen LogP contribution in [0.1, 0.15) is 46.9 Å². The number of rotatable bonds is 3. The number of nitrogens with zero attached hydrogens (tertiary/aromatic N) is 6. The van der Waals surface area contributed by atoms with Crippen molar-refractivity contribution in [2.75, 3.05) is 62.7 Å². The summed E-state index contributed by atoms with van der Waals surface area (Å²) in [5.41, 5.74) is 1.45. The van der Waals surface area contributed by atoms with E-state index in [2.05, 4.69) is 28.7 Å². The van der Waals surface area contributed by atoms with Crippen molar-refractivity contribution in [1.29, 1.82) is 0 Å². The molecule has 2 fully saturated rings. The van der Waals surface area contributed by atoms with Crippen LogP contribution in [0.4, 0.5) is 24.9 Å². The van der Waals surface area contributed by atoms with Crippen LogP contribution in [0.25, 0.3) is 0 Å². The van der Waals surface area contributed by atoms with Gasteiger partial charge in [0, 0.05) is 63.4 Å². The SMILES string of the molecule is CC1CCN(c2nc(N3CCN(C)CC3)nc3c2CN(C(=O)c2ccc(C(F)(F)F)cc2)CC3)CC1. The number of halogens is 3. The van der Waals surface area contributed by atoms with Gasteiger partial charge in [-0.25, -0.2) is 4.98 Å². The van der Waals surface area contributed by atoms with Crippen LogP contribution >= 0.6 is 0 Å². The van der Waals surface area contributed by atoms with Crippen molar-refractivity contribution in [3.63, 3.8) is 0 Å². The Morgan fingerprint density at radius 2 is 1.58 bits per heavy atom. The molecule has 3 aliphatic rings. The van der Waals surface area contributed by atoms with Crippen molar-refractivity contribution < 1.29 is 18.0 Å². The number of fused-ring (bicyclic) bond motifs is 1. The number of amides is 1. The molecule has 36 heavy (non-hydrogen) atoms. The summed E-state index contributed by atoms with van der Waals surface area (Å²) >= 11 is 0. The van der Waals surface area contributed by atoms with Gasteiger partial charge in [-0.2, -0.15) is 18.2 Å². The van der Waals surface area contributed by atoms with Gasteiger partial charge in [0.1, 0.15) is 5.82 Å². The van der Waals surface area contributed by atoms with Gasteiger partial charge in [0.25, 0.3) is 5.91 Å². The fraction of sp³-hybridized carbons (Fsp3) is 0.577. The van der Waals surface area contributed by atoms with Crippen LogP contribution in [-0.2, 0) is 19.1 Å². The normalized spacial score (nSPS) is 20.0. The molecule has 0 unspecified atom stereocenters. The number of carbonyl (C=O) groups is 1. The van der Waals surface area contributed by atoms with Gasteiger partial charge in [-0.3, -0.25) is 4.79 Å². The summed E-state index contributed by atoms with van der Waals surface area (Å²) in [4.78, 5) is 31.8. The molecule has 7 nitrogen and oxygen atoms in total. The van der Waals surface area contributed by atoms with Crippen LogP contribution in [0.2, 0.25) is 0 Å². The van der Waals surface area contributed by atoms with Gasteiger partial charge in [0.2, 0.25) is 5.95 Å². The van der Waals surface area contributed by atoms with E-state index in [-0.39, 0.29) is 11.5 Å². The third kappa shape index (κ3) is 5.14. The van der Waals surface area contributed by atoms with Crippen molar-refractivity contribution in [2.45, 2.75) is 38.9 Å². The Morgan fingerprint density at radius 3 is 2.22 bits per heavy atom. The zero-order chi connectivity index (χ0) is 25.4. The molecule has 0 aliphatic carbocycles. The van der Waals surface area contributed by atoms with Gasteiger partial charge in [-0.1, -0.05) is 6.92 Å². The first-order valence-electron chi connectivity index (χ1n) is 12.7. The third-order valence-electron chi connectivity index (χ3n) is 7.64. The number of hydrogen-bond acceptors (Lipinski definition) is 6. The summed E-state index contributed by atoms with van der Waals surface area (Å²) in [6.07, 6.45) is -1.64. The largest absolute Gasteiger partial charge is 0.416 e. The highest BCUT2D eigenvalue weighted by molar-refractivity contribution is 5.94. The molecule has 1 aromatic carbocycles. The molecule has 0 bridgehead atoms. The molecule has 1 amide bonds. The summed E-state index contributed by atoms with van der Waals surface area (Å²) in [5, 5.41) is 0. The van der Waals surface area contributed by atoms with Crippen molar-refractivity contribution >= 4 is 17.7 Å². The van der Waals surface area contributed by atoms with Crippen molar-refractivity contribution in [1.82, 2.24) is 19.8 Å². The molecule has 10 heteroatoms. The van der Waals surface area contributed by atoms with Gasteiger partial charge < -0.3 is 19.6 Å². The van der Waals surface area contributed by atoms with E-state index >= 15 is 0 Å². The number of piperidine rings is 1. The summed E-state index contributed by atoms with van der Waals surface area (Å²) in [6, 6.07) is 4.47. The van der Waals surface area contributed by atoms with E-state index in [0.717, 1.165) is 87.3 Å². The van der Waals surface area contributed by atoms with Gasteiger partial charge in [0.15, 0.2) is 0 Å². The number of carbonyl (C=O) groups excluding carboxylic acids is 1. The lowest BCUT2D eigenvalue weighted by Gasteiger charge is -2.38. The molecule has 0 spiro atoms. The second-order valence-corrected chi connectivity index (χ2v) is 10.3. The zero-order valence-electron chi connectivity index (χ0n) is 20.9. The number of piperazine rings is 1. The van der Waals surface area contributed by atoms with Gasteiger partial charge in [-0.15, -0.1) is 0 Å². The maximum atomic E-state index is 13.2. The first kappa shape index (κ1) is 24.8. The molecule has 0 radical (unpaired) electrons. The van der Waals surface area contributed by atoms with Gasteiger partial charge in [0.05, 0.1) is 17.8 Å². The minimum Gasteiger partial charge on any atom is -0.356 e. The number of aromatic nitrogens is 2. The van der Waals surface area contributed by atoms with Crippen LogP contribution in [0.15, 0.2) is 24.3 Å². The molecule has 4 heterocycles. The van der Waals surface area contributed by atoms with E-state index in [1.807, 2.05) is 0 Å². The summed E-state index contributed by atoms with van der Waals surface area (Å²) in [7, 11) is 2.12. The Morgan fingerprint density at radius 1 is 0.917 bits per heavy atom. The molecule has 2 saturated heterocycles. The number of hydrogen-bond donors (Lipinski definition) is 0. The molecule has 194 valence electrons. The molecule has 1 aromatic heterocycles. The van der Waals surface area contributed by atoms with Crippen LogP contribution in [0, 0.1) is 5.92 Å². The first-order valence-corrected chi connectivity index (χ1v) is 12.7. The number of benzene rings is 1. The highest BCUT2D eigenvalue weighted by Gasteiger charge is 2.32. The van der Waals surface area contributed by atoms with Crippen LogP contribution in [0.3, 0.4) is 0 Å². The fourth-order valence-electron chi connectivity index (χ4n) is 5.17. The average molecular weight is 503 g/mol. The van der Waals surface area contributed by atoms with Crippen LogP contribution in [-0.4, -0.2) is 78.5 Å². The summed E-state index contributed by atoms with van der Waals surface area (Å²) in [5.74, 6) is 2.08. The Hall–Kier alpha value is -2.88. The second kappa shape index (κ2) is 9.88. The van der Waals surface area contributed by atoms with E-state index in [4.69, 9.17) is 9.97 Å². The van der Waals surface area contributed by atoms with E-state index < -0.39 is 11.7 Å². The zero-order valence-corrected chi connectivity index (χ0v) is 20.9. The predicted molar refractivity (Wildman–Crippen MR) is 132 cm³/mol. The summed E-state index contributed by atoms with van der Waals surface area (Å²) < 4.78 is 38.9. The molecule has 0 atom stereocenters. The molecular formula is C26H33F3N6O. The minimum atomic E-state index is -4.43. The van der Waals surface area contributed by atoms with E-state index in [1.165, 1.54) is 12.1 Å². The summed E-state index contributed by atoms with van der Waals surface area (Å²) in [6.45, 7) is 8.63. The predicted octanol–water partition coefficient (Wildman–Crippen LogP) is 3.68. The Labute approximate surface area is 209 Å². The molecule has 5 rings (SSSR count). The molecule has 0 N–H and O–H groups in total.